The van der Waals surface area contributed by atoms with Crippen LogP contribution in [0.25, 0.3) is 0 Å². The number of guanidine groups is 1. The van der Waals surface area contributed by atoms with Gasteiger partial charge in [0.25, 0.3) is 0 Å². The summed E-state index contributed by atoms with van der Waals surface area (Å²) in [7, 11) is 3.50. The van der Waals surface area contributed by atoms with Gasteiger partial charge in [-0.1, -0.05) is 19.3 Å². The maximum atomic E-state index is 11.8. The first-order valence-electron chi connectivity index (χ1n) is 8.68. The molecular formula is C17H30IN5OS. The van der Waals surface area contributed by atoms with Gasteiger partial charge in [0, 0.05) is 31.7 Å². The van der Waals surface area contributed by atoms with E-state index in [1.807, 2.05) is 13.1 Å². The zero-order chi connectivity index (χ0) is 17.4. The Bertz CT molecular complexity index is 555. The lowest BCUT2D eigenvalue weighted by Gasteiger charge is -2.23. The van der Waals surface area contributed by atoms with Crippen molar-refractivity contribution in [2.75, 3.05) is 27.2 Å². The van der Waals surface area contributed by atoms with E-state index in [0.29, 0.717) is 18.4 Å². The second-order valence-corrected chi connectivity index (χ2v) is 7.88. The smallest absolute Gasteiger partial charge is 0.243 e. The molecule has 0 saturated heterocycles. The molecular weight excluding hydrogens is 449 g/mol. The van der Waals surface area contributed by atoms with Crippen LogP contribution in [0, 0.1) is 12.8 Å². The van der Waals surface area contributed by atoms with Crippen molar-refractivity contribution in [3.05, 3.63) is 16.1 Å². The van der Waals surface area contributed by atoms with Gasteiger partial charge in [0.15, 0.2) is 5.96 Å². The monoisotopic (exact) mass is 479 g/mol. The summed E-state index contributed by atoms with van der Waals surface area (Å²) in [5.41, 5.74) is 0. The number of nitrogens with zero attached hydrogens (tertiary/aromatic N) is 3. The Morgan fingerprint density at radius 1 is 1.32 bits per heavy atom. The molecule has 1 amide bonds. The lowest BCUT2D eigenvalue weighted by Crippen LogP contribution is -2.40. The molecule has 0 aliphatic heterocycles. The fraction of sp³-hybridized carbons (Fsp3) is 0.706. The Kier molecular flexibility index (Phi) is 10.3. The van der Waals surface area contributed by atoms with Gasteiger partial charge in [-0.2, -0.15) is 0 Å². The van der Waals surface area contributed by atoms with Crippen LogP contribution in [0.5, 0.6) is 0 Å². The zero-order valence-electron chi connectivity index (χ0n) is 15.4. The van der Waals surface area contributed by atoms with Crippen molar-refractivity contribution in [2.45, 2.75) is 45.6 Å². The number of carbonyl (C=O) groups excluding carboxylic acids is 1. The highest BCUT2D eigenvalue weighted by Gasteiger charge is 2.14. The molecule has 1 aliphatic rings. The van der Waals surface area contributed by atoms with Crippen molar-refractivity contribution >= 4 is 47.2 Å². The predicted molar refractivity (Wildman–Crippen MR) is 115 cm³/mol. The summed E-state index contributed by atoms with van der Waals surface area (Å²) in [6, 6.07) is 0. The Morgan fingerprint density at radius 2 is 2.04 bits per heavy atom. The second kappa shape index (κ2) is 11.7. The van der Waals surface area contributed by atoms with Gasteiger partial charge < -0.3 is 15.5 Å². The number of amides is 1. The van der Waals surface area contributed by atoms with Crippen LogP contribution in [0.4, 0.5) is 0 Å². The summed E-state index contributed by atoms with van der Waals surface area (Å²) in [5.74, 6) is 1.40. The Hall–Kier alpha value is -0.900. The van der Waals surface area contributed by atoms with E-state index >= 15 is 0 Å². The van der Waals surface area contributed by atoms with Gasteiger partial charge in [0.1, 0.15) is 11.6 Å². The maximum Gasteiger partial charge on any atom is 0.243 e. The molecule has 1 saturated carbocycles. The summed E-state index contributed by atoms with van der Waals surface area (Å²) in [6.07, 6.45) is 8.44. The molecule has 1 aliphatic carbocycles. The SMILES string of the molecule is Cc1cnc(CNC(=NCC(=O)N(C)C)NCC2CCCCC2)s1.I. The van der Waals surface area contributed by atoms with Crippen LogP contribution in [0.2, 0.25) is 0 Å². The molecule has 0 unspecified atom stereocenters. The van der Waals surface area contributed by atoms with Gasteiger partial charge in [-0.05, 0) is 25.7 Å². The third-order valence-electron chi connectivity index (χ3n) is 4.23. The van der Waals surface area contributed by atoms with Crippen molar-refractivity contribution in [1.82, 2.24) is 20.5 Å². The van der Waals surface area contributed by atoms with E-state index in [-0.39, 0.29) is 36.4 Å². The highest BCUT2D eigenvalue weighted by molar-refractivity contribution is 14.0. The average Bonchev–Trinajstić information content (AvgIpc) is 3.00. The fourth-order valence-electron chi connectivity index (χ4n) is 2.74. The normalized spacial score (nSPS) is 15.4. The van der Waals surface area contributed by atoms with E-state index in [4.69, 9.17) is 0 Å². The molecule has 1 heterocycles. The number of nitrogens with one attached hydrogen (secondary N) is 2. The van der Waals surface area contributed by atoms with Crippen LogP contribution < -0.4 is 10.6 Å². The van der Waals surface area contributed by atoms with Gasteiger partial charge in [-0.15, -0.1) is 35.3 Å². The number of likely N-dealkylation sites (N-methyl/N-ethyl adjacent to an activating group) is 1. The lowest BCUT2D eigenvalue weighted by atomic mass is 9.89. The number of aliphatic imine (C=N–C) groups is 1. The van der Waals surface area contributed by atoms with Crippen LogP contribution in [0.15, 0.2) is 11.2 Å². The van der Waals surface area contributed by atoms with Gasteiger partial charge >= 0.3 is 0 Å². The van der Waals surface area contributed by atoms with E-state index in [9.17, 15) is 4.79 Å². The summed E-state index contributed by atoms with van der Waals surface area (Å²) < 4.78 is 0. The first-order valence-corrected chi connectivity index (χ1v) is 9.50. The number of aryl methyl sites for hydroxylation is 1. The van der Waals surface area contributed by atoms with E-state index in [0.717, 1.165) is 11.6 Å². The summed E-state index contributed by atoms with van der Waals surface area (Å²) in [6.45, 7) is 3.75. The molecule has 0 atom stereocenters. The van der Waals surface area contributed by atoms with Crippen LogP contribution in [-0.2, 0) is 11.3 Å². The van der Waals surface area contributed by atoms with Crippen LogP contribution in [-0.4, -0.2) is 48.9 Å². The Labute approximate surface area is 171 Å². The fourth-order valence-corrected chi connectivity index (χ4v) is 3.46. The number of hydrogen-bond donors (Lipinski definition) is 2. The Balaban J connectivity index is 0.00000312. The molecule has 8 heteroatoms. The molecule has 142 valence electrons. The molecule has 0 radical (unpaired) electrons. The van der Waals surface area contributed by atoms with Crippen LogP contribution in [0.3, 0.4) is 0 Å². The minimum absolute atomic E-state index is 0. The van der Waals surface area contributed by atoms with Gasteiger partial charge in [0.05, 0.1) is 6.54 Å². The van der Waals surface area contributed by atoms with Crippen molar-refractivity contribution in [3.8, 4) is 0 Å². The van der Waals surface area contributed by atoms with Crippen molar-refractivity contribution in [2.24, 2.45) is 10.9 Å². The van der Waals surface area contributed by atoms with E-state index in [1.165, 1.54) is 37.0 Å². The molecule has 1 aromatic rings. The molecule has 2 N–H and O–H groups in total. The molecule has 1 aromatic heterocycles. The van der Waals surface area contributed by atoms with Gasteiger partial charge in [0.2, 0.25) is 5.91 Å². The molecule has 0 spiro atoms. The standard InChI is InChI=1S/C17H29N5OS.HI/c1-13-9-18-15(24-13)11-20-17(21-12-16(23)22(2)3)19-10-14-7-5-4-6-8-14;/h9,14H,4-8,10-12H2,1-3H3,(H2,19,20,21);1H. The van der Waals surface area contributed by atoms with E-state index in [1.54, 1.807) is 30.3 Å². The third kappa shape index (κ3) is 8.35. The third-order valence-corrected chi connectivity index (χ3v) is 5.14. The molecule has 25 heavy (non-hydrogen) atoms. The number of rotatable bonds is 6. The predicted octanol–water partition coefficient (Wildman–Crippen LogP) is 2.77. The highest BCUT2D eigenvalue weighted by Crippen LogP contribution is 2.22. The largest absolute Gasteiger partial charge is 0.356 e. The van der Waals surface area contributed by atoms with Gasteiger partial charge in [-0.25, -0.2) is 9.98 Å². The average molecular weight is 479 g/mol. The number of aromatic nitrogens is 1. The summed E-state index contributed by atoms with van der Waals surface area (Å²) >= 11 is 1.67. The van der Waals surface area contributed by atoms with E-state index < -0.39 is 0 Å². The number of carbonyl (C=O) groups is 1. The van der Waals surface area contributed by atoms with Crippen molar-refractivity contribution < 1.29 is 4.79 Å². The van der Waals surface area contributed by atoms with Gasteiger partial charge in [-0.3, -0.25) is 4.79 Å². The molecule has 1 fully saturated rings. The van der Waals surface area contributed by atoms with Crippen molar-refractivity contribution in [3.63, 3.8) is 0 Å². The second-order valence-electron chi connectivity index (χ2n) is 6.56. The first kappa shape index (κ1) is 22.1. The van der Waals surface area contributed by atoms with Crippen LogP contribution in [0.1, 0.15) is 42.0 Å². The molecule has 6 nitrogen and oxygen atoms in total. The molecule has 0 aromatic carbocycles. The molecule has 2 rings (SSSR count). The minimum Gasteiger partial charge on any atom is -0.356 e. The van der Waals surface area contributed by atoms with Crippen LogP contribution >= 0.6 is 35.3 Å². The number of halogens is 1. The molecule has 0 bridgehead atoms. The minimum atomic E-state index is -0.00106. The zero-order valence-corrected chi connectivity index (χ0v) is 18.5. The quantitative estimate of drug-likeness (QED) is 0.374. The number of thiazole rings is 1. The summed E-state index contributed by atoms with van der Waals surface area (Å²) in [5, 5.41) is 7.73. The van der Waals surface area contributed by atoms with E-state index in [2.05, 4.69) is 20.6 Å². The summed E-state index contributed by atoms with van der Waals surface area (Å²) in [4.78, 5) is 23.3. The van der Waals surface area contributed by atoms with Crippen molar-refractivity contribution in [1.29, 1.82) is 0 Å². The first-order chi connectivity index (χ1) is 11.5. The maximum absolute atomic E-state index is 11.8. The topological polar surface area (TPSA) is 69.6 Å². The Morgan fingerprint density at radius 3 is 2.64 bits per heavy atom. The highest BCUT2D eigenvalue weighted by atomic mass is 127. The number of hydrogen-bond acceptors (Lipinski definition) is 4. The lowest BCUT2D eigenvalue weighted by molar-refractivity contribution is -0.127.